The van der Waals surface area contributed by atoms with Crippen LogP contribution in [-0.4, -0.2) is 42.2 Å². The van der Waals surface area contributed by atoms with E-state index in [0.717, 1.165) is 26.1 Å². The number of pyridine rings is 1. The first kappa shape index (κ1) is 21.5. The van der Waals surface area contributed by atoms with Gasteiger partial charge in [0.1, 0.15) is 0 Å². The zero-order chi connectivity index (χ0) is 22.8. The summed E-state index contributed by atoms with van der Waals surface area (Å²) >= 11 is 0. The second kappa shape index (κ2) is 9.24. The van der Waals surface area contributed by atoms with Gasteiger partial charge in [0.2, 0.25) is 0 Å². The SMILES string of the molecule is Cc1cc(N2CCCC2)ccc1-c1ccc2c(c1)CCN[C@H]2CNc1cnccc1C(=O)O. The highest BCUT2D eigenvalue weighted by atomic mass is 16.4. The fourth-order valence-electron chi connectivity index (χ4n) is 5.08. The highest BCUT2D eigenvalue weighted by molar-refractivity contribution is 5.93. The number of aromatic nitrogens is 1. The summed E-state index contributed by atoms with van der Waals surface area (Å²) in [6.45, 7) is 6.02. The average Bonchev–Trinajstić information content (AvgIpc) is 3.37. The second-order valence-electron chi connectivity index (χ2n) is 8.97. The van der Waals surface area contributed by atoms with Crippen molar-refractivity contribution < 1.29 is 9.90 Å². The summed E-state index contributed by atoms with van der Waals surface area (Å²) in [5.41, 5.74) is 8.59. The number of rotatable bonds is 6. The fraction of sp³-hybridized carbons (Fsp3) is 0.333. The molecule has 1 atom stereocenters. The minimum Gasteiger partial charge on any atom is -0.478 e. The first-order valence-electron chi connectivity index (χ1n) is 11.7. The quantitative estimate of drug-likeness (QED) is 0.516. The topological polar surface area (TPSA) is 77.5 Å². The van der Waals surface area contributed by atoms with Crippen LogP contribution in [0.5, 0.6) is 0 Å². The Hall–Kier alpha value is -3.38. The molecule has 0 radical (unpaired) electrons. The number of aryl methyl sites for hydroxylation is 1. The smallest absolute Gasteiger partial charge is 0.337 e. The Labute approximate surface area is 194 Å². The molecule has 33 heavy (non-hydrogen) atoms. The number of carboxylic acids is 1. The molecule has 0 aliphatic carbocycles. The lowest BCUT2D eigenvalue weighted by atomic mass is 9.89. The number of benzene rings is 2. The van der Waals surface area contributed by atoms with Gasteiger partial charge < -0.3 is 20.6 Å². The number of nitrogens with zero attached hydrogens (tertiary/aromatic N) is 2. The van der Waals surface area contributed by atoms with Crippen LogP contribution in [0.4, 0.5) is 11.4 Å². The van der Waals surface area contributed by atoms with Crippen LogP contribution in [0.1, 0.15) is 45.9 Å². The van der Waals surface area contributed by atoms with Gasteiger partial charge >= 0.3 is 5.97 Å². The fourth-order valence-corrected chi connectivity index (χ4v) is 5.08. The van der Waals surface area contributed by atoms with Crippen molar-refractivity contribution in [2.24, 2.45) is 0 Å². The average molecular weight is 443 g/mol. The van der Waals surface area contributed by atoms with E-state index >= 15 is 0 Å². The molecule has 0 spiro atoms. The molecule has 0 saturated carbocycles. The summed E-state index contributed by atoms with van der Waals surface area (Å²) in [6.07, 6.45) is 6.63. The van der Waals surface area contributed by atoms with E-state index in [9.17, 15) is 9.90 Å². The molecule has 1 fully saturated rings. The first-order chi connectivity index (χ1) is 16.1. The molecule has 2 aliphatic rings. The van der Waals surface area contributed by atoms with Crippen molar-refractivity contribution in [2.75, 3.05) is 36.4 Å². The number of aromatic carboxylic acids is 1. The van der Waals surface area contributed by atoms with Crippen LogP contribution in [0.25, 0.3) is 11.1 Å². The number of fused-ring (bicyclic) bond motifs is 1. The van der Waals surface area contributed by atoms with Crippen LogP contribution in [0, 0.1) is 6.92 Å². The van der Waals surface area contributed by atoms with E-state index < -0.39 is 5.97 Å². The molecule has 1 saturated heterocycles. The van der Waals surface area contributed by atoms with Gasteiger partial charge in [0.25, 0.3) is 0 Å². The van der Waals surface area contributed by atoms with Crippen molar-refractivity contribution in [3.63, 3.8) is 0 Å². The van der Waals surface area contributed by atoms with E-state index in [4.69, 9.17) is 0 Å². The number of hydrogen-bond acceptors (Lipinski definition) is 5. The molecule has 3 N–H and O–H groups in total. The zero-order valence-electron chi connectivity index (χ0n) is 19.0. The lowest BCUT2D eigenvalue weighted by Gasteiger charge is -2.28. The molecule has 170 valence electrons. The lowest BCUT2D eigenvalue weighted by molar-refractivity contribution is 0.0697. The number of carbonyl (C=O) groups is 1. The molecule has 3 heterocycles. The lowest BCUT2D eigenvalue weighted by Crippen LogP contribution is -2.34. The van der Waals surface area contributed by atoms with E-state index in [1.165, 1.54) is 58.6 Å². The zero-order valence-corrected chi connectivity index (χ0v) is 19.0. The molecule has 6 heteroatoms. The van der Waals surface area contributed by atoms with E-state index in [2.05, 4.69) is 63.8 Å². The molecule has 2 aliphatic heterocycles. The molecule has 6 nitrogen and oxygen atoms in total. The molecule has 1 aromatic heterocycles. The number of hydrogen-bond donors (Lipinski definition) is 3. The van der Waals surface area contributed by atoms with Crippen LogP contribution in [0.15, 0.2) is 54.9 Å². The largest absolute Gasteiger partial charge is 0.478 e. The Morgan fingerprint density at radius 1 is 1.18 bits per heavy atom. The molecule has 0 bridgehead atoms. The molecule has 0 amide bonds. The first-order valence-corrected chi connectivity index (χ1v) is 11.7. The molecular formula is C27H30N4O2. The third-order valence-electron chi connectivity index (χ3n) is 6.84. The summed E-state index contributed by atoms with van der Waals surface area (Å²) in [5, 5.41) is 16.3. The molecule has 3 aromatic rings. The predicted molar refractivity (Wildman–Crippen MR) is 132 cm³/mol. The van der Waals surface area contributed by atoms with Crippen molar-refractivity contribution in [2.45, 2.75) is 32.2 Å². The minimum absolute atomic E-state index is 0.114. The van der Waals surface area contributed by atoms with Gasteiger partial charge in [-0.25, -0.2) is 4.79 Å². The van der Waals surface area contributed by atoms with Gasteiger partial charge in [0.15, 0.2) is 0 Å². The molecule has 0 unspecified atom stereocenters. The van der Waals surface area contributed by atoms with E-state index in [0.29, 0.717) is 12.2 Å². The van der Waals surface area contributed by atoms with Gasteiger partial charge in [-0.05, 0) is 78.7 Å². The number of nitrogens with one attached hydrogen (secondary N) is 2. The summed E-state index contributed by atoms with van der Waals surface area (Å²) in [5.74, 6) is -0.951. The monoisotopic (exact) mass is 442 g/mol. The number of carboxylic acid groups (broad SMARTS) is 1. The Morgan fingerprint density at radius 3 is 2.82 bits per heavy atom. The van der Waals surface area contributed by atoms with E-state index in [-0.39, 0.29) is 11.6 Å². The summed E-state index contributed by atoms with van der Waals surface area (Å²) in [7, 11) is 0. The Kier molecular flexibility index (Phi) is 6.01. The van der Waals surface area contributed by atoms with Crippen molar-refractivity contribution in [3.8, 4) is 11.1 Å². The van der Waals surface area contributed by atoms with Crippen molar-refractivity contribution >= 4 is 17.3 Å². The van der Waals surface area contributed by atoms with Gasteiger partial charge in [0, 0.05) is 37.6 Å². The summed E-state index contributed by atoms with van der Waals surface area (Å²) in [6, 6.07) is 15.2. The second-order valence-corrected chi connectivity index (χ2v) is 8.97. The Bertz CT molecular complexity index is 1170. The maximum atomic E-state index is 11.5. The van der Waals surface area contributed by atoms with Gasteiger partial charge in [-0.15, -0.1) is 0 Å². The summed E-state index contributed by atoms with van der Waals surface area (Å²) < 4.78 is 0. The normalized spacial score (nSPS) is 17.6. The molecule has 5 rings (SSSR count). The standard InChI is InChI=1S/C27H30N4O2/c1-18-14-21(31-12-2-3-13-31)5-7-22(18)19-4-6-23-20(15-19)8-11-29-26(23)17-30-25-16-28-10-9-24(25)27(32)33/h4-7,9-10,14-16,26,29-30H,2-3,8,11-13,17H2,1H3,(H,32,33)/t26-/m0/s1. The van der Waals surface area contributed by atoms with Crippen molar-refractivity contribution in [1.29, 1.82) is 0 Å². The third-order valence-corrected chi connectivity index (χ3v) is 6.84. The minimum atomic E-state index is -0.951. The van der Waals surface area contributed by atoms with Crippen LogP contribution in [0.3, 0.4) is 0 Å². The van der Waals surface area contributed by atoms with E-state index in [1.807, 2.05) is 0 Å². The highest BCUT2D eigenvalue weighted by Gasteiger charge is 2.21. The summed E-state index contributed by atoms with van der Waals surface area (Å²) in [4.78, 5) is 18.0. The molecular weight excluding hydrogens is 412 g/mol. The van der Waals surface area contributed by atoms with Crippen LogP contribution >= 0.6 is 0 Å². The maximum Gasteiger partial charge on any atom is 0.337 e. The molecule has 2 aromatic carbocycles. The van der Waals surface area contributed by atoms with Crippen LogP contribution < -0.4 is 15.5 Å². The van der Waals surface area contributed by atoms with Gasteiger partial charge in [-0.3, -0.25) is 4.98 Å². The van der Waals surface area contributed by atoms with Gasteiger partial charge in [-0.1, -0.05) is 24.3 Å². The third kappa shape index (κ3) is 4.44. The van der Waals surface area contributed by atoms with Gasteiger partial charge in [0.05, 0.1) is 17.4 Å². The van der Waals surface area contributed by atoms with Crippen LogP contribution in [-0.2, 0) is 6.42 Å². The Balaban J connectivity index is 1.35. The van der Waals surface area contributed by atoms with Crippen LogP contribution in [0.2, 0.25) is 0 Å². The predicted octanol–water partition coefficient (Wildman–Crippen LogP) is 4.65. The Morgan fingerprint density at radius 2 is 2.03 bits per heavy atom. The highest BCUT2D eigenvalue weighted by Crippen LogP contribution is 2.33. The maximum absolute atomic E-state index is 11.5. The van der Waals surface area contributed by atoms with Gasteiger partial charge in [-0.2, -0.15) is 0 Å². The van der Waals surface area contributed by atoms with E-state index in [1.54, 1.807) is 6.20 Å². The van der Waals surface area contributed by atoms with Crippen molar-refractivity contribution in [1.82, 2.24) is 10.3 Å². The number of anilines is 2. The van der Waals surface area contributed by atoms with Crippen molar-refractivity contribution in [3.05, 3.63) is 77.1 Å².